The molecule has 0 fully saturated rings. The number of hydrazine groups is 1. The van der Waals surface area contributed by atoms with Crippen LogP contribution in [0.5, 0.6) is 0 Å². The fourth-order valence-electron chi connectivity index (χ4n) is 3.58. The Kier molecular flexibility index (Phi) is 15.1. The first-order valence-electron chi connectivity index (χ1n) is 13.4. The van der Waals surface area contributed by atoms with Crippen LogP contribution in [-0.2, 0) is 49.7 Å². The quantitative estimate of drug-likeness (QED) is 0.0780. The number of carbonyl (C=O) groups excluding carboxylic acids is 6. The summed E-state index contributed by atoms with van der Waals surface area (Å²) in [6.45, 7) is 2.45. The minimum Gasteiger partial charge on any atom is -0.481 e. The van der Waals surface area contributed by atoms with Crippen LogP contribution in [0.2, 0.25) is 0 Å². The molecule has 0 saturated carbocycles. The van der Waals surface area contributed by atoms with Crippen molar-refractivity contribution in [2.75, 3.05) is 6.54 Å². The molecule has 0 aromatic heterocycles. The molecule has 1 rings (SSSR count). The van der Waals surface area contributed by atoms with Crippen molar-refractivity contribution < 1.29 is 63.2 Å². The number of carbonyl (C=O) groups is 9. The van der Waals surface area contributed by atoms with Gasteiger partial charge in [-0.2, -0.15) is 0 Å². The third kappa shape index (κ3) is 14.0. The van der Waals surface area contributed by atoms with Crippen LogP contribution in [0.15, 0.2) is 30.3 Å². The number of alkyl carbamates (subject to hydrolysis) is 1. The molecule has 0 radical (unpaired) electrons. The highest BCUT2D eigenvalue weighted by molar-refractivity contribution is 6.35. The molecule has 246 valence electrons. The third-order valence-corrected chi connectivity index (χ3v) is 5.81. The Morgan fingerprint density at radius 2 is 1.38 bits per heavy atom. The van der Waals surface area contributed by atoms with Crippen LogP contribution in [0.25, 0.3) is 0 Å². The van der Waals surface area contributed by atoms with Crippen molar-refractivity contribution in [3.63, 3.8) is 0 Å². The summed E-state index contributed by atoms with van der Waals surface area (Å²) in [5.74, 6) is -11.0. The summed E-state index contributed by atoms with van der Waals surface area (Å²) >= 11 is 0. The number of nitrogens with zero attached hydrogens (tertiary/aromatic N) is 1. The van der Waals surface area contributed by atoms with Crippen molar-refractivity contribution in [1.29, 1.82) is 0 Å². The zero-order valence-corrected chi connectivity index (χ0v) is 24.6. The van der Waals surface area contributed by atoms with E-state index in [1.807, 2.05) is 5.43 Å². The molecule has 3 unspecified atom stereocenters. The Bertz CT molecular complexity index is 1280. The number of rotatable bonds is 17. The monoisotopic (exact) mass is 637 g/mol. The first-order chi connectivity index (χ1) is 21.0. The van der Waals surface area contributed by atoms with Crippen molar-refractivity contribution in [2.45, 2.75) is 64.8 Å². The topological polar surface area (TPSA) is 275 Å². The van der Waals surface area contributed by atoms with Crippen LogP contribution in [0.1, 0.15) is 45.6 Å². The van der Waals surface area contributed by atoms with E-state index in [1.54, 1.807) is 30.3 Å². The fraction of sp³-hybridized carbons (Fsp3) is 0.444. The predicted octanol–water partition coefficient (Wildman–Crippen LogP) is -1.22. The summed E-state index contributed by atoms with van der Waals surface area (Å²) in [5, 5.41) is 34.2. The average Bonchev–Trinajstić information content (AvgIpc) is 2.95. The van der Waals surface area contributed by atoms with Gasteiger partial charge in [0.1, 0.15) is 31.3 Å². The molecule has 0 aliphatic carbocycles. The third-order valence-electron chi connectivity index (χ3n) is 5.81. The minimum atomic E-state index is -1.77. The van der Waals surface area contributed by atoms with E-state index in [2.05, 4.69) is 16.0 Å². The van der Waals surface area contributed by atoms with Gasteiger partial charge in [-0.05, 0) is 17.9 Å². The fourth-order valence-corrected chi connectivity index (χ4v) is 3.58. The minimum absolute atomic E-state index is 0.210. The number of ether oxygens (including phenoxy) is 1. The van der Waals surface area contributed by atoms with Gasteiger partial charge in [0.15, 0.2) is 0 Å². The van der Waals surface area contributed by atoms with Gasteiger partial charge in [-0.15, -0.1) is 0 Å². The molecule has 1 aromatic carbocycles. The number of carboxylic acid groups (broad SMARTS) is 3. The largest absolute Gasteiger partial charge is 0.481 e. The highest BCUT2D eigenvalue weighted by atomic mass is 16.5. The van der Waals surface area contributed by atoms with Gasteiger partial charge in [-0.3, -0.25) is 43.8 Å². The Labute approximate surface area is 256 Å². The average molecular weight is 638 g/mol. The van der Waals surface area contributed by atoms with Gasteiger partial charge in [-0.1, -0.05) is 44.2 Å². The first kappa shape index (κ1) is 37.5. The van der Waals surface area contributed by atoms with Crippen molar-refractivity contribution in [3.8, 4) is 0 Å². The predicted molar refractivity (Wildman–Crippen MR) is 150 cm³/mol. The van der Waals surface area contributed by atoms with Gasteiger partial charge in [0.05, 0.1) is 6.42 Å². The highest BCUT2D eigenvalue weighted by Crippen LogP contribution is 2.08. The molecule has 18 heteroatoms. The van der Waals surface area contributed by atoms with Crippen molar-refractivity contribution in [1.82, 2.24) is 26.4 Å². The van der Waals surface area contributed by atoms with Crippen molar-refractivity contribution >= 4 is 53.4 Å². The van der Waals surface area contributed by atoms with Gasteiger partial charge in [0.2, 0.25) is 17.6 Å². The summed E-state index contributed by atoms with van der Waals surface area (Å²) < 4.78 is 5.00. The number of hydrogen-bond acceptors (Lipinski definition) is 10. The lowest BCUT2D eigenvalue weighted by Gasteiger charge is -2.28. The highest BCUT2D eigenvalue weighted by Gasteiger charge is 2.33. The van der Waals surface area contributed by atoms with Gasteiger partial charge < -0.3 is 36.0 Å². The van der Waals surface area contributed by atoms with Gasteiger partial charge in [0, 0.05) is 13.3 Å². The zero-order chi connectivity index (χ0) is 34.3. The SMILES string of the molecule is CC(=O)C(=O)N(CC(=O)O)NC(=O)C(NC(=O)C(CCC(=O)O)NC(=O)C(CC(=O)O)NC(=O)OCc1ccccc1)C(C)C. The van der Waals surface area contributed by atoms with Crippen LogP contribution in [0, 0.1) is 5.92 Å². The lowest BCUT2D eigenvalue weighted by Crippen LogP contribution is -2.60. The molecule has 18 nitrogen and oxygen atoms in total. The summed E-state index contributed by atoms with van der Waals surface area (Å²) in [6.07, 6.45) is -3.30. The number of amides is 5. The van der Waals surface area contributed by atoms with Crippen LogP contribution in [0.4, 0.5) is 4.79 Å². The van der Waals surface area contributed by atoms with E-state index >= 15 is 0 Å². The summed E-state index contributed by atoms with van der Waals surface area (Å²) in [4.78, 5) is 109. The Morgan fingerprint density at radius 3 is 1.89 bits per heavy atom. The number of ketones is 1. The maximum Gasteiger partial charge on any atom is 0.408 e. The van der Waals surface area contributed by atoms with E-state index < -0.39 is 103 Å². The molecular weight excluding hydrogens is 602 g/mol. The summed E-state index contributed by atoms with van der Waals surface area (Å²) in [5.41, 5.74) is 2.55. The molecule has 0 heterocycles. The van der Waals surface area contributed by atoms with Crippen LogP contribution in [-0.4, -0.2) is 98.4 Å². The van der Waals surface area contributed by atoms with E-state index in [0.29, 0.717) is 5.56 Å². The van der Waals surface area contributed by atoms with Gasteiger partial charge in [-0.25, -0.2) is 9.80 Å². The second-order valence-corrected chi connectivity index (χ2v) is 9.90. The molecule has 7 N–H and O–H groups in total. The Morgan fingerprint density at radius 1 is 0.778 bits per heavy atom. The van der Waals surface area contributed by atoms with Crippen LogP contribution >= 0.6 is 0 Å². The molecule has 0 saturated heterocycles. The molecular formula is C27H35N5O13. The van der Waals surface area contributed by atoms with E-state index in [0.717, 1.165) is 6.92 Å². The summed E-state index contributed by atoms with van der Waals surface area (Å²) in [7, 11) is 0. The molecule has 5 amide bonds. The van der Waals surface area contributed by atoms with Crippen LogP contribution in [0.3, 0.4) is 0 Å². The second kappa shape index (κ2) is 18.2. The maximum absolute atomic E-state index is 13.2. The molecule has 0 aliphatic heterocycles. The molecule has 1 aromatic rings. The number of benzene rings is 1. The lowest BCUT2D eigenvalue weighted by atomic mass is 10.0. The lowest BCUT2D eigenvalue weighted by molar-refractivity contribution is -0.154. The van der Waals surface area contributed by atoms with E-state index in [1.165, 1.54) is 13.8 Å². The standard InChI is InChI=1S/C27H35N5O13/c1-14(2)22(25(42)31-32(12-21(38)39)26(43)15(3)33)30-23(40)17(9-10-19(34)35)28-24(41)18(11-20(36)37)29-27(44)45-13-16-7-5-4-6-8-16/h4-8,14,17-18,22H,9-13H2,1-3H3,(H,28,41)(H,29,44)(H,30,40)(H,31,42)(H,34,35)(H,36,37)(H,38,39). The molecule has 0 aliphatic rings. The Hall–Kier alpha value is -5.55. The Balaban J connectivity index is 3.11. The van der Waals surface area contributed by atoms with Crippen molar-refractivity contribution in [3.05, 3.63) is 35.9 Å². The van der Waals surface area contributed by atoms with Crippen LogP contribution < -0.4 is 21.4 Å². The normalized spacial score (nSPS) is 12.4. The number of Topliss-reactive ketones (excluding diaryl/α,β-unsaturated/α-hetero) is 1. The number of carboxylic acids is 3. The molecule has 0 bridgehead atoms. The molecule has 0 spiro atoms. The van der Waals surface area contributed by atoms with Gasteiger partial charge >= 0.3 is 29.9 Å². The first-order valence-corrected chi connectivity index (χ1v) is 13.4. The van der Waals surface area contributed by atoms with E-state index in [-0.39, 0.29) is 11.6 Å². The van der Waals surface area contributed by atoms with E-state index in [4.69, 9.17) is 14.9 Å². The maximum atomic E-state index is 13.2. The second-order valence-electron chi connectivity index (χ2n) is 9.90. The van der Waals surface area contributed by atoms with E-state index in [9.17, 15) is 48.3 Å². The molecule has 3 atom stereocenters. The number of nitrogens with one attached hydrogen (secondary N) is 4. The number of aliphatic carboxylic acids is 3. The van der Waals surface area contributed by atoms with Crippen molar-refractivity contribution in [2.24, 2.45) is 5.92 Å². The molecule has 45 heavy (non-hydrogen) atoms. The smallest absolute Gasteiger partial charge is 0.408 e. The van der Waals surface area contributed by atoms with Gasteiger partial charge in [0.25, 0.3) is 5.91 Å². The summed E-state index contributed by atoms with van der Waals surface area (Å²) in [6, 6.07) is 3.46. The zero-order valence-electron chi connectivity index (χ0n) is 24.6. The number of hydrogen-bond donors (Lipinski definition) is 7.